The van der Waals surface area contributed by atoms with Gasteiger partial charge in [-0.1, -0.05) is 6.92 Å². The van der Waals surface area contributed by atoms with Gasteiger partial charge in [-0.2, -0.15) is 0 Å². The summed E-state index contributed by atoms with van der Waals surface area (Å²) >= 11 is 0. The number of hydrogen-bond acceptors (Lipinski definition) is 6. The molecule has 8 nitrogen and oxygen atoms in total. The Kier molecular flexibility index (Phi) is 5.37. The predicted octanol–water partition coefficient (Wildman–Crippen LogP) is 1.58. The lowest BCUT2D eigenvalue weighted by Crippen LogP contribution is -2.36. The van der Waals surface area contributed by atoms with E-state index in [1.807, 2.05) is 6.07 Å². The van der Waals surface area contributed by atoms with Crippen molar-refractivity contribution < 1.29 is 23.8 Å². The molecule has 2 heterocycles. The highest BCUT2D eigenvalue weighted by molar-refractivity contribution is 5.75. The van der Waals surface area contributed by atoms with Crippen molar-refractivity contribution in [2.75, 3.05) is 44.9 Å². The zero-order chi connectivity index (χ0) is 17.8. The Balaban J connectivity index is 1.79. The second kappa shape index (κ2) is 7.69. The summed E-state index contributed by atoms with van der Waals surface area (Å²) in [5.41, 5.74) is 1.32. The van der Waals surface area contributed by atoms with Gasteiger partial charge in [-0.05, 0) is 0 Å². The largest absolute Gasteiger partial charge is 0.497 e. The number of rotatable bonds is 6. The summed E-state index contributed by atoms with van der Waals surface area (Å²) < 4.78 is 17.5. The molecule has 0 aromatic heterocycles. The van der Waals surface area contributed by atoms with E-state index in [9.17, 15) is 9.70 Å². The Morgan fingerprint density at radius 3 is 2.84 bits per heavy atom. The van der Waals surface area contributed by atoms with Crippen LogP contribution >= 0.6 is 0 Å². The van der Waals surface area contributed by atoms with Crippen molar-refractivity contribution in [2.24, 2.45) is 0 Å². The molecule has 2 aliphatic rings. The SMILES string of the molecule is CCC(=O)NCCC1Oc2cc(OC)cc(N3CCOCC3)c2[N+]1=O. The molecule has 1 saturated heterocycles. The van der Waals surface area contributed by atoms with Crippen LogP contribution in [0.4, 0.5) is 11.4 Å². The van der Waals surface area contributed by atoms with Crippen LogP contribution in [0.2, 0.25) is 0 Å². The fraction of sp³-hybridized carbons (Fsp3) is 0.588. The highest BCUT2D eigenvalue weighted by Crippen LogP contribution is 2.46. The van der Waals surface area contributed by atoms with Gasteiger partial charge >= 0.3 is 11.9 Å². The molecule has 1 aromatic carbocycles. The normalized spacial score (nSPS) is 19.4. The second-order valence-corrected chi connectivity index (χ2v) is 5.98. The van der Waals surface area contributed by atoms with E-state index < -0.39 is 6.23 Å². The molecule has 2 aliphatic heterocycles. The first-order valence-electron chi connectivity index (χ1n) is 8.58. The van der Waals surface area contributed by atoms with Crippen LogP contribution in [0.25, 0.3) is 0 Å². The Hall–Kier alpha value is -2.35. The van der Waals surface area contributed by atoms with Crippen molar-refractivity contribution in [1.82, 2.24) is 5.32 Å². The van der Waals surface area contributed by atoms with Crippen molar-refractivity contribution in [3.05, 3.63) is 17.0 Å². The molecule has 0 saturated carbocycles. The number of methoxy groups -OCH3 is 1. The van der Waals surface area contributed by atoms with E-state index in [0.717, 1.165) is 10.4 Å². The number of fused-ring (bicyclic) bond motifs is 1. The van der Waals surface area contributed by atoms with Gasteiger partial charge in [-0.3, -0.25) is 4.79 Å². The van der Waals surface area contributed by atoms with Crippen molar-refractivity contribution in [1.29, 1.82) is 0 Å². The van der Waals surface area contributed by atoms with Gasteiger partial charge in [0, 0.05) is 43.1 Å². The van der Waals surface area contributed by atoms with E-state index in [-0.39, 0.29) is 5.91 Å². The number of anilines is 1. The smallest absolute Gasteiger partial charge is 0.352 e. The topological polar surface area (TPSA) is 80.1 Å². The molecule has 136 valence electrons. The molecule has 8 heteroatoms. The Morgan fingerprint density at radius 2 is 2.16 bits per heavy atom. The van der Waals surface area contributed by atoms with Crippen molar-refractivity contribution in [2.45, 2.75) is 26.0 Å². The molecule has 1 atom stereocenters. The van der Waals surface area contributed by atoms with E-state index >= 15 is 0 Å². The summed E-state index contributed by atoms with van der Waals surface area (Å²) in [6.07, 6.45) is 0.180. The van der Waals surface area contributed by atoms with Crippen LogP contribution in [0.5, 0.6) is 11.5 Å². The van der Waals surface area contributed by atoms with Crippen LogP contribution in [0.3, 0.4) is 0 Å². The van der Waals surface area contributed by atoms with Crippen molar-refractivity contribution >= 4 is 17.3 Å². The van der Waals surface area contributed by atoms with Gasteiger partial charge in [0.1, 0.15) is 11.4 Å². The third kappa shape index (κ3) is 3.68. The Morgan fingerprint density at radius 1 is 1.40 bits per heavy atom. The molecule has 1 aromatic rings. The fourth-order valence-corrected chi connectivity index (χ4v) is 3.02. The molecular formula is C17H24N3O5+. The lowest BCUT2D eigenvalue weighted by atomic mass is 10.2. The summed E-state index contributed by atoms with van der Waals surface area (Å²) in [6, 6.07) is 3.59. The first kappa shape index (κ1) is 17.5. The maximum absolute atomic E-state index is 12.8. The molecule has 1 amide bonds. The standard InChI is InChI=1S/C17H23N3O5/c1-3-15(21)18-5-4-16-20(22)17-13(19-6-8-24-9-7-19)10-12(23-2)11-14(17)25-16/h10-11,16H,3-9H2,1-2H3/p+1. The van der Waals surface area contributed by atoms with Gasteiger partial charge < -0.3 is 24.4 Å². The molecule has 0 spiro atoms. The highest BCUT2D eigenvalue weighted by atomic mass is 16.5. The average molecular weight is 350 g/mol. The average Bonchev–Trinajstić information content (AvgIpc) is 2.97. The van der Waals surface area contributed by atoms with E-state index in [4.69, 9.17) is 14.2 Å². The zero-order valence-electron chi connectivity index (χ0n) is 14.6. The third-order valence-electron chi connectivity index (χ3n) is 4.40. The minimum Gasteiger partial charge on any atom is -0.497 e. The van der Waals surface area contributed by atoms with Crippen LogP contribution in [-0.4, -0.2) is 56.9 Å². The highest BCUT2D eigenvalue weighted by Gasteiger charge is 2.44. The van der Waals surface area contributed by atoms with Gasteiger partial charge in [0.2, 0.25) is 11.7 Å². The number of carbonyl (C=O) groups excluding carboxylic acids is 1. The van der Waals surface area contributed by atoms with Crippen LogP contribution < -0.4 is 19.7 Å². The Labute approximate surface area is 146 Å². The number of hydrogen-bond donors (Lipinski definition) is 1. The van der Waals surface area contributed by atoms with Crippen LogP contribution in [0, 0.1) is 4.91 Å². The molecule has 25 heavy (non-hydrogen) atoms. The number of nitrogens with one attached hydrogen (secondary N) is 1. The minimum absolute atomic E-state index is 0.0383. The van der Waals surface area contributed by atoms with E-state index in [1.54, 1.807) is 20.1 Å². The summed E-state index contributed by atoms with van der Waals surface area (Å²) in [7, 11) is 1.59. The van der Waals surface area contributed by atoms with Crippen LogP contribution in [0.1, 0.15) is 19.8 Å². The van der Waals surface area contributed by atoms with Gasteiger partial charge in [0.05, 0.1) is 31.5 Å². The van der Waals surface area contributed by atoms with E-state index in [0.29, 0.717) is 62.9 Å². The molecule has 1 N–H and O–H groups in total. The first-order chi connectivity index (χ1) is 12.1. The molecule has 1 unspecified atom stereocenters. The second-order valence-electron chi connectivity index (χ2n) is 5.98. The summed E-state index contributed by atoms with van der Waals surface area (Å²) in [6.45, 7) is 4.86. The van der Waals surface area contributed by atoms with Gasteiger partial charge in [-0.15, -0.1) is 0 Å². The third-order valence-corrected chi connectivity index (χ3v) is 4.40. The molecule has 0 radical (unpaired) electrons. The zero-order valence-corrected chi connectivity index (χ0v) is 14.6. The number of carbonyl (C=O) groups is 1. The number of nitroso groups, excluding NO2 is 1. The maximum atomic E-state index is 12.8. The van der Waals surface area contributed by atoms with Crippen LogP contribution in [0.15, 0.2) is 12.1 Å². The molecular weight excluding hydrogens is 326 g/mol. The predicted molar refractivity (Wildman–Crippen MR) is 91.6 cm³/mol. The lowest BCUT2D eigenvalue weighted by Gasteiger charge is -2.28. The summed E-state index contributed by atoms with van der Waals surface area (Å²) in [5, 5.41) is 2.77. The van der Waals surface area contributed by atoms with Gasteiger partial charge in [-0.25, -0.2) is 0 Å². The molecule has 0 bridgehead atoms. The number of ether oxygens (including phenoxy) is 3. The van der Waals surface area contributed by atoms with Crippen molar-refractivity contribution in [3.8, 4) is 11.5 Å². The maximum Gasteiger partial charge on any atom is 0.352 e. The number of benzene rings is 1. The summed E-state index contributed by atoms with van der Waals surface area (Å²) in [5.74, 6) is 1.12. The van der Waals surface area contributed by atoms with Crippen LogP contribution in [-0.2, 0) is 9.53 Å². The number of nitrogens with zero attached hydrogens (tertiary/aromatic N) is 2. The molecule has 0 aliphatic carbocycles. The van der Waals surface area contributed by atoms with Gasteiger partial charge in [0.25, 0.3) is 0 Å². The molecule has 3 rings (SSSR count). The monoisotopic (exact) mass is 350 g/mol. The molecule has 1 fully saturated rings. The Bertz CT molecular complexity index is 658. The van der Waals surface area contributed by atoms with E-state index in [1.165, 1.54) is 0 Å². The fourth-order valence-electron chi connectivity index (χ4n) is 3.02. The van der Waals surface area contributed by atoms with Crippen molar-refractivity contribution in [3.63, 3.8) is 0 Å². The number of amides is 1. The lowest BCUT2D eigenvalue weighted by molar-refractivity contribution is -0.528. The summed E-state index contributed by atoms with van der Waals surface area (Å²) in [4.78, 5) is 26.2. The van der Waals surface area contributed by atoms with E-state index in [2.05, 4.69) is 10.2 Å². The first-order valence-corrected chi connectivity index (χ1v) is 8.58. The number of morpholine rings is 1. The minimum atomic E-state index is -0.654. The quantitative estimate of drug-likeness (QED) is 0.785. The van der Waals surface area contributed by atoms with Gasteiger partial charge in [0.15, 0.2) is 0 Å².